The van der Waals surface area contributed by atoms with E-state index in [4.69, 9.17) is 16.7 Å². The van der Waals surface area contributed by atoms with Crippen LogP contribution in [0.3, 0.4) is 0 Å². The van der Waals surface area contributed by atoms with E-state index in [2.05, 4.69) is 0 Å². The summed E-state index contributed by atoms with van der Waals surface area (Å²) in [6, 6.07) is 6.73. The Labute approximate surface area is 87.9 Å². The number of hydrogen-bond acceptors (Lipinski definition) is 2. The van der Waals surface area contributed by atoms with Crippen LogP contribution < -0.4 is 0 Å². The van der Waals surface area contributed by atoms with Crippen LogP contribution in [-0.4, -0.2) is 28.8 Å². The number of benzene rings is 1. The first kappa shape index (κ1) is 10.9. The normalized spacial score (nSPS) is 9.86. The number of carbonyl (C=O) groups excluding carboxylic acids is 1. The highest BCUT2D eigenvalue weighted by atomic mass is 35.5. The molecule has 0 aliphatic carbocycles. The summed E-state index contributed by atoms with van der Waals surface area (Å²) >= 11 is 5.41. The third-order valence-corrected chi connectivity index (χ3v) is 2.12. The molecule has 4 heteroatoms. The molecule has 14 heavy (non-hydrogen) atoms. The number of rotatable bonds is 3. The van der Waals surface area contributed by atoms with Crippen molar-refractivity contribution in [3.05, 3.63) is 29.8 Å². The molecule has 0 aromatic heterocycles. The number of hydrogen-bond donors (Lipinski definition) is 1. The van der Waals surface area contributed by atoms with E-state index in [1.807, 2.05) is 0 Å². The number of phenols is 1. The second-order valence-corrected chi connectivity index (χ2v) is 3.32. The Bertz CT molecular complexity index is 310. The molecule has 1 aromatic carbocycles. The van der Waals surface area contributed by atoms with Crippen LogP contribution in [0.2, 0.25) is 0 Å². The summed E-state index contributed by atoms with van der Waals surface area (Å²) in [6.45, 7) is 0.506. The van der Waals surface area contributed by atoms with Crippen LogP contribution in [0.15, 0.2) is 24.3 Å². The van der Waals surface area contributed by atoms with Gasteiger partial charge in [0.15, 0.2) is 0 Å². The third-order valence-electron chi connectivity index (χ3n) is 1.90. The lowest BCUT2D eigenvalue weighted by atomic mass is 10.2. The van der Waals surface area contributed by atoms with Gasteiger partial charge in [0.25, 0.3) is 0 Å². The number of nitrogens with zero attached hydrogens (tertiary/aromatic N) is 1. The Balaban J connectivity index is 2.60. The lowest BCUT2D eigenvalue weighted by Crippen LogP contribution is -2.26. The van der Waals surface area contributed by atoms with Crippen molar-refractivity contribution < 1.29 is 9.90 Å². The van der Waals surface area contributed by atoms with E-state index in [0.717, 1.165) is 5.56 Å². The third kappa shape index (κ3) is 2.92. The molecule has 0 saturated heterocycles. The lowest BCUT2D eigenvalue weighted by Gasteiger charge is -2.15. The van der Waals surface area contributed by atoms with Gasteiger partial charge in [-0.05, 0) is 17.7 Å². The summed E-state index contributed by atoms with van der Waals surface area (Å²) in [5.74, 6) is 0.106. The Kier molecular flexibility index (Phi) is 3.77. The van der Waals surface area contributed by atoms with E-state index in [-0.39, 0.29) is 17.5 Å². The van der Waals surface area contributed by atoms with E-state index in [1.54, 1.807) is 36.2 Å². The minimum atomic E-state index is -0.111. The molecular weight excluding hydrogens is 202 g/mol. The molecule has 0 unspecified atom stereocenters. The smallest absolute Gasteiger partial charge is 0.237 e. The first-order valence-electron chi connectivity index (χ1n) is 4.21. The van der Waals surface area contributed by atoms with E-state index >= 15 is 0 Å². The van der Waals surface area contributed by atoms with Gasteiger partial charge in [-0.2, -0.15) is 0 Å². The fourth-order valence-corrected chi connectivity index (χ4v) is 1.27. The van der Waals surface area contributed by atoms with Crippen molar-refractivity contribution in [2.75, 3.05) is 12.9 Å². The Morgan fingerprint density at radius 3 is 2.50 bits per heavy atom. The molecule has 0 saturated carbocycles. The minimum Gasteiger partial charge on any atom is -0.508 e. The van der Waals surface area contributed by atoms with E-state index in [9.17, 15) is 4.79 Å². The highest BCUT2D eigenvalue weighted by Gasteiger charge is 2.06. The average molecular weight is 214 g/mol. The molecule has 3 nitrogen and oxygen atoms in total. The van der Waals surface area contributed by atoms with Gasteiger partial charge in [-0.25, -0.2) is 0 Å². The van der Waals surface area contributed by atoms with Crippen molar-refractivity contribution in [1.29, 1.82) is 0 Å². The summed E-state index contributed by atoms with van der Waals surface area (Å²) in [5, 5.41) is 9.04. The van der Waals surface area contributed by atoms with E-state index < -0.39 is 0 Å². The van der Waals surface area contributed by atoms with Crippen LogP contribution in [0.4, 0.5) is 0 Å². The van der Waals surface area contributed by atoms with Gasteiger partial charge < -0.3 is 10.0 Å². The summed E-state index contributed by atoms with van der Waals surface area (Å²) in [7, 11) is 1.69. The lowest BCUT2D eigenvalue weighted by molar-refractivity contribution is -0.127. The predicted octanol–water partition coefficient (Wildman–Crippen LogP) is 1.59. The summed E-state index contributed by atoms with van der Waals surface area (Å²) in [5.41, 5.74) is 0.962. The van der Waals surface area contributed by atoms with Crippen molar-refractivity contribution in [3.8, 4) is 5.75 Å². The standard InChI is InChI=1S/C10H12ClNO2/c1-12(10(14)6-11)7-8-2-4-9(13)5-3-8/h2-5,13H,6-7H2,1H3. The zero-order valence-corrected chi connectivity index (χ0v) is 8.66. The molecule has 1 rings (SSSR count). The summed E-state index contributed by atoms with van der Waals surface area (Å²) in [6.07, 6.45) is 0. The molecule has 0 aliphatic heterocycles. The highest BCUT2D eigenvalue weighted by Crippen LogP contribution is 2.11. The first-order valence-corrected chi connectivity index (χ1v) is 4.75. The fraction of sp³-hybridized carbons (Fsp3) is 0.300. The number of aromatic hydroxyl groups is 1. The zero-order chi connectivity index (χ0) is 10.6. The van der Waals surface area contributed by atoms with Gasteiger partial charge in [0, 0.05) is 13.6 Å². The summed E-state index contributed by atoms with van der Waals surface area (Å²) in [4.78, 5) is 12.7. The van der Waals surface area contributed by atoms with Crippen LogP contribution in [0.25, 0.3) is 0 Å². The Morgan fingerprint density at radius 1 is 1.43 bits per heavy atom. The number of halogens is 1. The maximum atomic E-state index is 11.1. The van der Waals surface area contributed by atoms with Gasteiger partial charge in [0.1, 0.15) is 11.6 Å². The van der Waals surface area contributed by atoms with Crippen LogP contribution in [0, 0.1) is 0 Å². The van der Waals surface area contributed by atoms with Crippen LogP contribution in [0.5, 0.6) is 5.75 Å². The topological polar surface area (TPSA) is 40.5 Å². The van der Waals surface area contributed by atoms with Crippen molar-refractivity contribution in [1.82, 2.24) is 4.90 Å². The molecule has 1 amide bonds. The first-order chi connectivity index (χ1) is 6.63. The van der Waals surface area contributed by atoms with Gasteiger partial charge in [0.2, 0.25) is 5.91 Å². The monoisotopic (exact) mass is 213 g/mol. The van der Waals surface area contributed by atoms with Crippen molar-refractivity contribution in [2.45, 2.75) is 6.54 Å². The molecule has 0 bridgehead atoms. The molecular formula is C10H12ClNO2. The zero-order valence-electron chi connectivity index (χ0n) is 7.90. The number of amides is 1. The second-order valence-electron chi connectivity index (χ2n) is 3.05. The molecule has 0 atom stereocenters. The van der Waals surface area contributed by atoms with Crippen LogP contribution in [-0.2, 0) is 11.3 Å². The van der Waals surface area contributed by atoms with E-state index in [1.165, 1.54) is 0 Å². The van der Waals surface area contributed by atoms with Crippen molar-refractivity contribution in [2.24, 2.45) is 0 Å². The molecule has 0 fully saturated rings. The largest absolute Gasteiger partial charge is 0.508 e. The number of phenolic OH excluding ortho intramolecular Hbond substituents is 1. The summed E-state index contributed by atoms with van der Waals surface area (Å²) < 4.78 is 0. The molecule has 0 spiro atoms. The van der Waals surface area contributed by atoms with Gasteiger partial charge in [-0.1, -0.05) is 12.1 Å². The van der Waals surface area contributed by atoms with Gasteiger partial charge in [-0.15, -0.1) is 11.6 Å². The predicted molar refractivity (Wildman–Crippen MR) is 55.3 cm³/mol. The Hall–Kier alpha value is -1.22. The van der Waals surface area contributed by atoms with Crippen molar-refractivity contribution in [3.63, 3.8) is 0 Å². The maximum absolute atomic E-state index is 11.1. The molecule has 0 aliphatic rings. The Morgan fingerprint density at radius 2 is 2.00 bits per heavy atom. The molecule has 1 N–H and O–H groups in total. The average Bonchev–Trinajstić information content (AvgIpc) is 2.20. The minimum absolute atomic E-state index is 0.00537. The van der Waals surface area contributed by atoms with Gasteiger partial charge in [-0.3, -0.25) is 4.79 Å². The van der Waals surface area contributed by atoms with Gasteiger partial charge in [0.05, 0.1) is 0 Å². The van der Waals surface area contributed by atoms with Crippen LogP contribution in [0.1, 0.15) is 5.56 Å². The van der Waals surface area contributed by atoms with Gasteiger partial charge >= 0.3 is 0 Å². The van der Waals surface area contributed by atoms with Crippen molar-refractivity contribution >= 4 is 17.5 Å². The number of carbonyl (C=O) groups is 1. The molecule has 76 valence electrons. The van der Waals surface area contributed by atoms with E-state index in [0.29, 0.717) is 6.54 Å². The molecule has 0 radical (unpaired) electrons. The SMILES string of the molecule is CN(Cc1ccc(O)cc1)C(=O)CCl. The second kappa shape index (κ2) is 4.86. The highest BCUT2D eigenvalue weighted by molar-refractivity contribution is 6.27. The number of alkyl halides is 1. The fourth-order valence-electron chi connectivity index (χ4n) is 1.07. The van der Waals surface area contributed by atoms with Crippen LogP contribution >= 0.6 is 11.6 Å². The maximum Gasteiger partial charge on any atom is 0.237 e. The quantitative estimate of drug-likeness (QED) is 0.775. The molecule has 1 aromatic rings. The molecule has 0 heterocycles.